The van der Waals surface area contributed by atoms with E-state index in [0.29, 0.717) is 6.61 Å². The fraction of sp³-hybridized carbons (Fsp3) is 0.417. The lowest BCUT2D eigenvalue weighted by molar-refractivity contribution is -0.0771. The maximum Gasteiger partial charge on any atom is 0.387 e. The standard InChI is InChI=1S/C12H14ClF2NO4/c1-4-19-10-6-9(20-12(14)15)7(5-8(10)13)11(17)16(2)18-3/h5-6,12H,4H2,1-3H3. The molecule has 0 aromatic heterocycles. The molecule has 1 aromatic carbocycles. The summed E-state index contributed by atoms with van der Waals surface area (Å²) in [5.74, 6) is -0.851. The first kappa shape index (κ1) is 16.5. The first-order valence-corrected chi connectivity index (χ1v) is 6.01. The molecule has 0 aliphatic carbocycles. The molecule has 1 aromatic rings. The lowest BCUT2D eigenvalue weighted by Crippen LogP contribution is -2.26. The molecule has 1 rings (SSSR count). The Morgan fingerprint density at radius 1 is 1.40 bits per heavy atom. The molecule has 0 fully saturated rings. The van der Waals surface area contributed by atoms with E-state index in [1.54, 1.807) is 6.92 Å². The van der Waals surface area contributed by atoms with Crippen LogP contribution in [0.3, 0.4) is 0 Å². The van der Waals surface area contributed by atoms with Crippen molar-refractivity contribution >= 4 is 17.5 Å². The summed E-state index contributed by atoms with van der Waals surface area (Å²) in [4.78, 5) is 16.7. The molecule has 0 aliphatic rings. The van der Waals surface area contributed by atoms with Crippen LogP contribution in [0.1, 0.15) is 17.3 Å². The Kier molecular flexibility index (Phi) is 5.97. The van der Waals surface area contributed by atoms with Gasteiger partial charge in [-0.2, -0.15) is 8.78 Å². The van der Waals surface area contributed by atoms with E-state index in [1.165, 1.54) is 20.2 Å². The van der Waals surface area contributed by atoms with Gasteiger partial charge in [-0.25, -0.2) is 5.06 Å². The van der Waals surface area contributed by atoms with E-state index in [9.17, 15) is 13.6 Å². The van der Waals surface area contributed by atoms with E-state index in [1.807, 2.05) is 0 Å². The summed E-state index contributed by atoms with van der Waals surface area (Å²) in [6.07, 6.45) is 0. The number of alkyl halides is 2. The second-order valence-electron chi connectivity index (χ2n) is 3.58. The van der Waals surface area contributed by atoms with Gasteiger partial charge in [0.2, 0.25) is 0 Å². The molecule has 112 valence electrons. The van der Waals surface area contributed by atoms with E-state index in [2.05, 4.69) is 4.74 Å². The fourth-order valence-corrected chi connectivity index (χ4v) is 1.63. The molecule has 0 saturated carbocycles. The highest BCUT2D eigenvalue weighted by Crippen LogP contribution is 2.34. The van der Waals surface area contributed by atoms with Gasteiger partial charge in [0.15, 0.2) is 0 Å². The van der Waals surface area contributed by atoms with Crippen molar-refractivity contribution in [2.45, 2.75) is 13.5 Å². The predicted molar refractivity (Wildman–Crippen MR) is 68.4 cm³/mol. The molecule has 0 radical (unpaired) electrons. The Morgan fingerprint density at radius 2 is 2.05 bits per heavy atom. The summed E-state index contributed by atoms with van der Waals surface area (Å²) in [5, 5.41) is 0.978. The maximum atomic E-state index is 12.4. The minimum atomic E-state index is -3.08. The van der Waals surface area contributed by atoms with Gasteiger partial charge in [0, 0.05) is 13.1 Å². The molecular formula is C12H14ClF2NO4. The number of nitrogens with zero attached hydrogens (tertiary/aromatic N) is 1. The van der Waals surface area contributed by atoms with Crippen LogP contribution in [-0.2, 0) is 4.84 Å². The molecule has 0 spiro atoms. The van der Waals surface area contributed by atoms with Gasteiger partial charge >= 0.3 is 6.61 Å². The van der Waals surface area contributed by atoms with Crippen molar-refractivity contribution < 1.29 is 27.9 Å². The van der Waals surface area contributed by atoms with E-state index >= 15 is 0 Å². The third-order valence-electron chi connectivity index (χ3n) is 2.34. The minimum absolute atomic E-state index is 0.112. The van der Waals surface area contributed by atoms with Crippen LogP contribution >= 0.6 is 11.6 Å². The molecule has 0 N–H and O–H groups in total. The zero-order valence-electron chi connectivity index (χ0n) is 11.2. The van der Waals surface area contributed by atoms with Crippen molar-refractivity contribution in [1.82, 2.24) is 5.06 Å². The molecule has 0 heterocycles. The summed E-state index contributed by atoms with van der Waals surface area (Å²) in [6, 6.07) is 2.34. The van der Waals surface area contributed by atoms with E-state index < -0.39 is 12.5 Å². The third kappa shape index (κ3) is 3.94. The van der Waals surface area contributed by atoms with E-state index in [-0.39, 0.29) is 22.1 Å². The van der Waals surface area contributed by atoms with E-state index in [0.717, 1.165) is 11.1 Å². The van der Waals surface area contributed by atoms with Crippen LogP contribution in [0.25, 0.3) is 0 Å². The quantitative estimate of drug-likeness (QED) is 0.758. The Morgan fingerprint density at radius 3 is 2.55 bits per heavy atom. The Bertz CT molecular complexity index is 485. The van der Waals surface area contributed by atoms with Crippen molar-refractivity contribution in [2.75, 3.05) is 20.8 Å². The highest BCUT2D eigenvalue weighted by molar-refractivity contribution is 6.32. The highest BCUT2D eigenvalue weighted by atomic mass is 35.5. The summed E-state index contributed by atoms with van der Waals surface area (Å²) >= 11 is 5.93. The zero-order valence-corrected chi connectivity index (χ0v) is 11.9. The number of rotatable bonds is 6. The molecule has 0 bridgehead atoms. The summed E-state index contributed by atoms with van der Waals surface area (Å²) < 4.78 is 34.3. The molecule has 1 amide bonds. The van der Waals surface area contributed by atoms with Crippen LogP contribution in [0.15, 0.2) is 12.1 Å². The van der Waals surface area contributed by atoms with Crippen molar-refractivity contribution in [2.24, 2.45) is 0 Å². The number of carbonyl (C=O) groups excluding carboxylic acids is 1. The van der Waals surface area contributed by atoms with Crippen molar-refractivity contribution in [1.29, 1.82) is 0 Å². The normalized spacial score (nSPS) is 10.6. The number of hydrogen-bond donors (Lipinski definition) is 0. The Labute approximate surface area is 119 Å². The van der Waals surface area contributed by atoms with Crippen LogP contribution in [0.2, 0.25) is 5.02 Å². The topological polar surface area (TPSA) is 48.0 Å². The number of hydroxylamine groups is 2. The molecule has 20 heavy (non-hydrogen) atoms. The largest absolute Gasteiger partial charge is 0.492 e. The fourth-order valence-electron chi connectivity index (χ4n) is 1.41. The molecule has 0 atom stereocenters. The smallest absolute Gasteiger partial charge is 0.387 e. The first-order chi connectivity index (χ1) is 9.40. The lowest BCUT2D eigenvalue weighted by atomic mass is 10.1. The number of carbonyl (C=O) groups is 1. The van der Waals surface area contributed by atoms with Crippen LogP contribution < -0.4 is 9.47 Å². The number of halogens is 3. The number of benzene rings is 1. The van der Waals surface area contributed by atoms with Crippen LogP contribution in [-0.4, -0.2) is 38.3 Å². The van der Waals surface area contributed by atoms with Crippen LogP contribution in [0, 0.1) is 0 Å². The SMILES string of the molecule is CCOc1cc(OC(F)F)c(C(=O)N(C)OC)cc1Cl. The highest BCUT2D eigenvalue weighted by Gasteiger charge is 2.22. The zero-order chi connectivity index (χ0) is 15.3. The summed E-state index contributed by atoms with van der Waals surface area (Å²) in [7, 11) is 2.60. The van der Waals surface area contributed by atoms with Gasteiger partial charge in [-0.05, 0) is 13.0 Å². The summed E-state index contributed by atoms with van der Waals surface area (Å²) in [5.41, 5.74) is -0.150. The first-order valence-electron chi connectivity index (χ1n) is 5.64. The predicted octanol–water partition coefficient (Wildman–Crippen LogP) is 2.97. The van der Waals surface area contributed by atoms with Crippen molar-refractivity contribution in [3.05, 3.63) is 22.7 Å². The lowest BCUT2D eigenvalue weighted by Gasteiger charge is -2.18. The van der Waals surface area contributed by atoms with Crippen molar-refractivity contribution in [3.63, 3.8) is 0 Å². The molecule has 0 unspecified atom stereocenters. The molecule has 5 nitrogen and oxygen atoms in total. The van der Waals surface area contributed by atoms with Crippen molar-refractivity contribution in [3.8, 4) is 11.5 Å². The monoisotopic (exact) mass is 309 g/mol. The molecular weight excluding hydrogens is 296 g/mol. The number of amides is 1. The van der Waals surface area contributed by atoms with Gasteiger partial charge in [-0.3, -0.25) is 9.63 Å². The van der Waals surface area contributed by atoms with Gasteiger partial charge in [0.05, 0.1) is 24.3 Å². The maximum absolute atomic E-state index is 12.4. The molecule has 0 saturated heterocycles. The van der Waals surface area contributed by atoms with Crippen LogP contribution in [0.5, 0.6) is 11.5 Å². The Balaban J connectivity index is 3.26. The van der Waals surface area contributed by atoms with Gasteiger partial charge < -0.3 is 9.47 Å². The Hall–Kier alpha value is -1.60. The number of hydrogen-bond acceptors (Lipinski definition) is 4. The van der Waals surface area contributed by atoms with Gasteiger partial charge in [0.1, 0.15) is 11.5 Å². The molecule has 8 heteroatoms. The third-order valence-corrected chi connectivity index (χ3v) is 2.64. The number of ether oxygens (including phenoxy) is 2. The van der Waals surface area contributed by atoms with Gasteiger partial charge in [-0.1, -0.05) is 11.6 Å². The molecule has 0 aliphatic heterocycles. The average Bonchev–Trinajstić information content (AvgIpc) is 2.40. The van der Waals surface area contributed by atoms with Gasteiger partial charge in [0.25, 0.3) is 5.91 Å². The summed E-state index contributed by atoms with van der Waals surface area (Å²) in [6.45, 7) is -1.08. The average molecular weight is 310 g/mol. The second kappa shape index (κ2) is 7.25. The van der Waals surface area contributed by atoms with E-state index in [4.69, 9.17) is 21.2 Å². The minimum Gasteiger partial charge on any atom is -0.492 e. The van der Waals surface area contributed by atoms with Crippen LogP contribution in [0.4, 0.5) is 8.78 Å². The second-order valence-corrected chi connectivity index (χ2v) is 3.98. The van der Waals surface area contributed by atoms with Gasteiger partial charge in [-0.15, -0.1) is 0 Å².